The van der Waals surface area contributed by atoms with Crippen molar-refractivity contribution in [2.45, 2.75) is 20.0 Å². The molecule has 1 heterocycles. The van der Waals surface area contributed by atoms with Crippen molar-refractivity contribution in [1.29, 1.82) is 0 Å². The zero-order valence-electron chi connectivity index (χ0n) is 9.50. The summed E-state index contributed by atoms with van der Waals surface area (Å²) in [4.78, 5) is 0. The number of hydrogen-bond donors (Lipinski definition) is 1. The largest absolute Gasteiger partial charge is 0.465 e. The Bertz CT molecular complexity index is 525. The molecule has 1 aromatic heterocycles. The predicted molar refractivity (Wildman–Crippen MR) is 66.3 cm³/mol. The second-order valence-electron chi connectivity index (χ2n) is 4.01. The molecule has 4 heteroatoms. The molecule has 2 nitrogen and oxygen atoms in total. The number of aliphatic hydroxyl groups excluding tert-OH is 1. The first-order chi connectivity index (χ1) is 8.00. The average molecular weight is 299 g/mol. The van der Waals surface area contributed by atoms with Gasteiger partial charge in [-0.25, -0.2) is 4.39 Å². The first-order valence-corrected chi connectivity index (χ1v) is 5.97. The maximum Gasteiger partial charge on any atom is 0.151 e. The molecular formula is C13H12BrFO2. The molecule has 1 aromatic carbocycles. The lowest BCUT2D eigenvalue weighted by Gasteiger charge is -2.14. The summed E-state index contributed by atoms with van der Waals surface area (Å²) in [6.07, 6.45) is 0.351. The summed E-state index contributed by atoms with van der Waals surface area (Å²) in [7, 11) is 0. The third-order valence-corrected chi connectivity index (χ3v) is 3.30. The maximum atomic E-state index is 13.9. The quantitative estimate of drug-likeness (QED) is 0.913. The normalized spacial score (nSPS) is 12.8. The van der Waals surface area contributed by atoms with Gasteiger partial charge in [-0.05, 0) is 53.0 Å². The van der Waals surface area contributed by atoms with E-state index in [0.29, 0.717) is 15.8 Å². The van der Waals surface area contributed by atoms with E-state index in [9.17, 15) is 9.50 Å². The van der Waals surface area contributed by atoms with Gasteiger partial charge in [-0.2, -0.15) is 0 Å². The van der Waals surface area contributed by atoms with Gasteiger partial charge >= 0.3 is 0 Å². The van der Waals surface area contributed by atoms with E-state index in [2.05, 4.69) is 15.9 Å². The average Bonchev–Trinajstić information content (AvgIpc) is 2.62. The number of hydrogen-bond acceptors (Lipinski definition) is 2. The minimum Gasteiger partial charge on any atom is -0.465 e. The molecule has 0 aliphatic carbocycles. The van der Waals surface area contributed by atoms with Crippen LogP contribution in [-0.2, 0) is 0 Å². The van der Waals surface area contributed by atoms with Crippen LogP contribution in [0.3, 0.4) is 0 Å². The lowest BCUT2D eigenvalue weighted by Crippen LogP contribution is -2.05. The lowest BCUT2D eigenvalue weighted by atomic mass is 9.99. The van der Waals surface area contributed by atoms with Crippen LogP contribution in [0, 0.1) is 19.7 Å². The van der Waals surface area contributed by atoms with Crippen molar-refractivity contribution in [3.63, 3.8) is 0 Å². The first kappa shape index (κ1) is 12.3. The fourth-order valence-corrected chi connectivity index (χ4v) is 2.32. The summed E-state index contributed by atoms with van der Waals surface area (Å²) in [5.74, 6) is -0.103. The van der Waals surface area contributed by atoms with Gasteiger partial charge in [-0.1, -0.05) is 6.07 Å². The Morgan fingerprint density at radius 3 is 2.59 bits per heavy atom. The molecule has 0 saturated heterocycles. The molecule has 0 aliphatic rings. The Morgan fingerprint density at radius 2 is 2.06 bits per heavy atom. The Balaban J connectivity index is 2.51. The molecule has 0 radical (unpaired) electrons. The smallest absolute Gasteiger partial charge is 0.151 e. The monoisotopic (exact) mass is 298 g/mol. The zero-order chi connectivity index (χ0) is 12.6. The number of rotatable bonds is 2. The van der Waals surface area contributed by atoms with E-state index in [-0.39, 0.29) is 5.56 Å². The van der Waals surface area contributed by atoms with E-state index in [1.807, 2.05) is 13.0 Å². The molecule has 1 unspecified atom stereocenters. The van der Waals surface area contributed by atoms with Gasteiger partial charge in [0.05, 0.1) is 10.7 Å². The molecule has 2 aromatic rings. The van der Waals surface area contributed by atoms with E-state index in [4.69, 9.17) is 4.42 Å². The highest BCUT2D eigenvalue weighted by molar-refractivity contribution is 9.10. The number of aliphatic hydroxyl groups is 1. The molecule has 0 fully saturated rings. The van der Waals surface area contributed by atoms with Crippen LogP contribution in [0.15, 0.2) is 33.4 Å². The Hall–Kier alpha value is -1.13. The standard InChI is InChI=1S/C13H12BrFO2/c1-7-5-8(2)11(10(15)6-7)12(16)13-9(14)3-4-17-13/h3-6,12,16H,1-2H3. The number of halogens is 2. The minimum atomic E-state index is -1.10. The second kappa shape index (κ2) is 4.63. The number of furan rings is 1. The fourth-order valence-electron chi connectivity index (χ4n) is 1.90. The summed E-state index contributed by atoms with van der Waals surface area (Å²) in [5, 5.41) is 10.2. The van der Waals surface area contributed by atoms with Gasteiger partial charge in [0.15, 0.2) is 5.76 Å². The third kappa shape index (κ3) is 2.28. The summed E-state index contributed by atoms with van der Waals surface area (Å²) < 4.78 is 19.7. The van der Waals surface area contributed by atoms with E-state index in [1.54, 1.807) is 13.0 Å². The molecule has 0 aliphatic heterocycles. The van der Waals surface area contributed by atoms with Crippen LogP contribution in [0.4, 0.5) is 4.39 Å². The number of aryl methyl sites for hydroxylation is 2. The van der Waals surface area contributed by atoms with Crippen molar-refractivity contribution in [3.8, 4) is 0 Å². The molecule has 90 valence electrons. The SMILES string of the molecule is Cc1cc(C)c(C(O)c2occc2Br)c(F)c1. The van der Waals surface area contributed by atoms with Crippen LogP contribution in [0.1, 0.15) is 28.6 Å². The van der Waals surface area contributed by atoms with Gasteiger partial charge in [0.25, 0.3) is 0 Å². The Kier molecular flexibility index (Phi) is 3.35. The lowest BCUT2D eigenvalue weighted by molar-refractivity contribution is 0.183. The topological polar surface area (TPSA) is 33.4 Å². The van der Waals surface area contributed by atoms with Crippen molar-refractivity contribution in [2.24, 2.45) is 0 Å². The predicted octanol–water partition coefficient (Wildman–Crippen LogP) is 3.88. The fraction of sp³-hybridized carbons (Fsp3) is 0.231. The van der Waals surface area contributed by atoms with Crippen LogP contribution in [0.2, 0.25) is 0 Å². The Labute approximate surface area is 107 Å². The first-order valence-electron chi connectivity index (χ1n) is 5.18. The summed E-state index contributed by atoms with van der Waals surface area (Å²) in [6.45, 7) is 3.58. The molecule has 0 spiro atoms. The van der Waals surface area contributed by atoms with Gasteiger partial charge in [0, 0.05) is 5.56 Å². The van der Waals surface area contributed by atoms with Gasteiger partial charge in [-0.15, -0.1) is 0 Å². The highest BCUT2D eigenvalue weighted by Crippen LogP contribution is 2.32. The van der Waals surface area contributed by atoms with Crippen LogP contribution in [0.25, 0.3) is 0 Å². The summed E-state index contributed by atoms with van der Waals surface area (Å²) >= 11 is 3.25. The number of benzene rings is 1. The van der Waals surface area contributed by atoms with Crippen molar-refractivity contribution in [1.82, 2.24) is 0 Å². The molecule has 1 N–H and O–H groups in total. The molecule has 17 heavy (non-hydrogen) atoms. The molecule has 0 saturated carbocycles. The van der Waals surface area contributed by atoms with Crippen molar-refractivity contribution >= 4 is 15.9 Å². The van der Waals surface area contributed by atoms with Crippen LogP contribution >= 0.6 is 15.9 Å². The molecule has 2 rings (SSSR count). The molecule has 0 amide bonds. The highest BCUT2D eigenvalue weighted by Gasteiger charge is 2.22. The Morgan fingerprint density at radius 1 is 1.35 bits per heavy atom. The van der Waals surface area contributed by atoms with Gasteiger partial charge in [-0.3, -0.25) is 0 Å². The summed E-state index contributed by atoms with van der Waals surface area (Å²) in [5.41, 5.74) is 1.79. The van der Waals surface area contributed by atoms with Crippen LogP contribution in [-0.4, -0.2) is 5.11 Å². The van der Waals surface area contributed by atoms with Crippen LogP contribution < -0.4 is 0 Å². The minimum absolute atomic E-state index is 0.256. The highest BCUT2D eigenvalue weighted by atomic mass is 79.9. The second-order valence-corrected chi connectivity index (χ2v) is 4.87. The van der Waals surface area contributed by atoms with Gasteiger partial charge < -0.3 is 9.52 Å². The third-order valence-electron chi connectivity index (χ3n) is 2.65. The van der Waals surface area contributed by atoms with Gasteiger partial charge in [0.2, 0.25) is 0 Å². The van der Waals surface area contributed by atoms with E-state index >= 15 is 0 Å². The van der Waals surface area contributed by atoms with Crippen molar-refractivity contribution < 1.29 is 13.9 Å². The van der Waals surface area contributed by atoms with E-state index < -0.39 is 11.9 Å². The molecule has 1 atom stereocenters. The zero-order valence-corrected chi connectivity index (χ0v) is 11.1. The summed E-state index contributed by atoms with van der Waals surface area (Å²) in [6, 6.07) is 4.90. The maximum absolute atomic E-state index is 13.9. The molecular weight excluding hydrogens is 287 g/mol. The van der Waals surface area contributed by atoms with Crippen molar-refractivity contribution in [3.05, 3.63) is 57.2 Å². The van der Waals surface area contributed by atoms with E-state index in [0.717, 1.165) is 5.56 Å². The van der Waals surface area contributed by atoms with Gasteiger partial charge in [0.1, 0.15) is 11.9 Å². The van der Waals surface area contributed by atoms with Crippen LogP contribution in [0.5, 0.6) is 0 Å². The van der Waals surface area contributed by atoms with Crippen molar-refractivity contribution in [2.75, 3.05) is 0 Å². The van der Waals surface area contributed by atoms with E-state index in [1.165, 1.54) is 12.3 Å². The molecule has 0 bridgehead atoms.